The van der Waals surface area contributed by atoms with Crippen molar-refractivity contribution in [3.05, 3.63) is 47.3 Å². The molecule has 6 heteroatoms. The SMILES string of the molecule is CCn1nc(C)cc1CC(O)c1ccccc1OC(F)F. The van der Waals surface area contributed by atoms with Gasteiger partial charge >= 0.3 is 6.61 Å². The number of aliphatic hydroxyl groups is 1. The van der Waals surface area contributed by atoms with Gasteiger partial charge in [-0.1, -0.05) is 18.2 Å². The van der Waals surface area contributed by atoms with Crippen molar-refractivity contribution in [1.29, 1.82) is 0 Å². The Morgan fingerprint density at radius 3 is 2.71 bits per heavy atom. The summed E-state index contributed by atoms with van der Waals surface area (Å²) in [6.45, 7) is 1.60. The van der Waals surface area contributed by atoms with E-state index in [2.05, 4.69) is 9.84 Å². The minimum absolute atomic E-state index is 0.000661. The molecule has 1 unspecified atom stereocenters. The third-order valence-electron chi connectivity index (χ3n) is 3.18. The molecule has 0 saturated carbocycles. The Hall–Kier alpha value is -1.95. The lowest BCUT2D eigenvalue weighted by atomic mass is 10.0. The number of halogens is 2. The first-order valence-corrected chi connectivity index (χ1v) is 6.76. The van der Waals surface area contributed by atoms with Crippen LogP contribution in [0.1, 0.15) is 30.0 Å². The lowest BCUT2D eigenvalue weighted by Gasteiger charge is -2.16. The van der Waals surface area contributed by atoms with E-state index in [1.165, 1.54) is 6.07 Å². The van der Waals surface area contributed by atoms with Crippen molar-refractivity contribution in [2.24, 2.45) is 0 Å². The number of aryl methyl sites for hydroxylation is 2. The zero-order chi connectivity index (χ0) is 15.4. The Kier molecular flexibility index (Phi) is 4.90. The molecular weight excluding hydrogens is 278 g/mol. The van der Waals surface area contributed by atoms with Gasteiger partial charge in [-0.2, -0.15) is 13.9 Å². The smallest absolute Gasteiger partial charge is 0.387 e. The maximum Gasteiger partial charge on any atom is 0.387 e. The number of alkyl halides is 2. The van der Waals surface area contributed by atoms with Crippen LogP contribution in [-0.4, -0.2) is 21.5 Å². The van der Waals surface area contributed by atoms with Crippen LogP contribution in [0.2, 0.25) is 0 Å². The summed E-state index contributed by atoms with van der Waals surface area (Å²) in [5.41, 5.74) is 2.06. The molecule has 0 amide bonds. The number of nitrogens with zero attached hydrogens (tertiary/aromatic N) is 2. The number of ether oxygens (including phenoxy) is 1. The molecule has 0 radical (unpaired) electrons. The van der Waals surface area contributed by atoms with Crippen LogP contribution in [0.3, 0.4) is 0 Å². The molecule has 1 atom stereocenters. The van der Waals surface area contributed by atoms with E-state index >= 15 is 0 Å². The molecule has 21 heavy (non-hydrogen) atoms. The van der Waals surface area contributed by atoms with Gasteiger partial charge < -0.3 is 9.84 Å². The highest BCUT2D eigenvalue weighted by molar-refractivity contribution is 5.35. The normalized spacial score (nSPS) is 12.7. The van der Waals surface area contributed by atoms with Gasteiger partial charge in [0.25, 0.3) is 0 Å². The van der Waals surface area contributed by atoms with Crippen LogP contribution in [0.15, 0.2) is 30.3 Å². The van der Waals surface area contributed by atoms with Crippen LogP contribution >= 0.6 is 0 Å². The molecular formula is C15H18F2N2O2. The molecule has 1 aromatic carbocycles. The first kappa shape index (κ1) is 15.4. The van der Waals surface area contributed by atoms with Crippen molar-refractivity contribution in [2.75, 3.05) is 0 Å². The number of hydrogen-bond acceptors (Lipinski definition) is 3. The van der Waals surface area contributed by atoms with E-state index in [0.717, 1.165) is 11.4 Å². The van der Waals surface area contributed by atoms with E-state index in [-0.39, 0.29) is 12.2 Å². The Labute approximate surface area is 122 Å². The van der Waals surface area contributed by atoms with Gasteiger partial charge in [0.05, 0.1) is 11.8 Å². The first-order valence-electron chi connectivity index (χ1n) is 6.76. The minimum Gasteiger partial charge on any atom is -0.434 e. The van der Waals surface area contributed by atoms with Crippen molar-refractivity contribution >= 4 is 0 Å². The Bertz CT molecular complexity index is 599. The summed E-state index contributed by atoms with van der Waals surface area (Å²) in [4.78, 5) is 0. The highest BCUT2D eigenvalue weighted by Gasteiger charge is 2.18. The molecule has 114 valence electrons. The van der Waals surface area contributed by atoms with Gasteiger partial charge in [-0.25, -0.2) is 0 Å². The maximum absolute atomic E-state index is 12.4. The first-order chi connectivity index (χ1) is 10.0. The van der Waals surface area contributed by atoms with Gasteiger partial charge in [0.15, 0.2) is 0 Å². The number of benzene rings is 1. The van der Waals surface area contributed by atoms with Crippen LogP contribution in [0.4, 0.5) is 8.78 Å². The standard InChI is InChI=1S/C15H18F2N2O2/c1-3-19-11(8-10(2)18-19)9-13(20)12-6-4-5-7-14(12)21-15(16)17/h4-8,13,15,20H,3,9H2,1-2H3. The average Bonchev–Trinajstić information content (AvgIpc) is 2.78. The lowest BCUT2D eigenvalue weighted by Crippen LogP contribution is -2.11. The van der Waals surface area contributed by atoms with Crippen LogP contribution in [0.25, 0.3) is 0 Å². The summed E-state index contributed by atoms with van der Waals surface area (Å²) in [6, 6.07) is 8.16. The second kappa shape index (κ2) is 6.67. The molecule has 0 spiro atoms. The fourth-order valence-corrected chi connectivity index (χ4v) is 2.30. The second-order valence-electron chi connectivity index (χ2n) is 4.73. The third kappa shape index (κ3) is 3.78. The lowest BCUT2D eigenvalue weighted by molar-refractivity contribution is -0.0515. The molecule has 1 aromatic heterocycles. The van der Waals surface area contributed by atoms with Gasteiger partial charge in [-0.15, -0.1) is 0 Å². The van der Waals surface area contributed by atoms with Gasteiger partial charge in [-0.05, 0) is 26.0 Å². The summed E-state index contributed by atoms with van der Waals surface area (Å²) >= 11 is 0. The molecule has 0 fully saturated rings. The Balaban J connectivity index is 2.22. The number of rotatable bonds is 6. The third-order valence-corrected chi connectivity index (χ3v) is 3.18. The van der Waals surface area contributed by atoms with E-state index < -0.39 is 12.7 Å². The van der Waals surface area contributed by atoms with Crippen molar-refractivity contribution in [3.8, 4) is 5.75 Å². The van der Waals surface area contributed by atoms with Gasteiger partial charge in [0.1, 0.15) is 5.75 Å². The van der Waals surface area contributed by atoms with E-state index in [1.54, 1.807) is 22.9 Å². The van der Waals surface area contributed by atoms with Crippen molar-refractivity contribution in [2.45, 2.75) is 39.5 Å². The van der Waals surface area contributed by atoms with Crippen LogP contribution < -0.4 is 4.74 Å². The summed E-state index contributed by atoms with van der Waals surface area (Å²) in [6.07, 6.45) is -0.639. The summed E-state index contributed by atoms with van der Waals surface area (Å²) in [7, 11) is 0. The molecule has 0 saturated heterocycles. The molecule has 0 aliphatic rings. The van der Waals surface area contributed by atoms with Crippen LogP contribution in [0, 0.1) is 6.92 Å². The van der Waals surface area contributed by atoms with Gasteiger partial charge in [0.2, 0.25) is 0 Å². The number of aliphatic hydroxyl groups excluding tert-OH is 1. The van der Waals surface area contributed by atoms with Crippen molar-refractivity contribution in [3.63, 3.8) is 0 Å². The molecule has 0 bridgehead atoms. The van der Waals surface area contributed by atoms with Gasteiger partial charge in [0, 0.05) is 24.2 Å². The quantitative estimate of drug-likeness (QED) is 0.891. The number of aromatic nitrogens is 2. The molecule has 0 aliphatic heterocycles. The second-order valence-corrected chi connectivity index (χ2v) is 4.73. The fraction of sp³-hybridized carbons (Fsp3) is 0.400. The Morgan fingerprint density at radius 2 is 2.05 bits per heavy atom. The molecule has 1 N–H and O–H groups in total. The predicted molar refractivity (Wildman–Crippen MR) is 74.4 cm³/mol. The molecule has 0 aliphatic carbocycles. The maximum atomic E-state index is 12.4. The van der Waals surface area contributed by atoms with E-state index in [4.69, 9.17) is 0 Å². The van der Waals surface area contributed by atoms with E-state index in [1.807, 2.05) is 19.9 Å². The van der Waals surface area contributed by atoms with E-state index in [0.29, 0.717) is 12.1 Å². The molecule has 1 heterocycles. The van der Waals surface area contributed by atoms with Crippen molar-refractivity contribution < 1.29 is 18.6 Å². The van der Waals surface area contributed by atoms with E-state index in [9.17, 15) is 13.9 Å². The highest BCUT2D eigenvalue weighted by Crippen LogP contribution is 2.28. The summed E-state index contributed by atoms with van der Waals surface area (Å²) in [5, 5.41) is 14.6. The predicted octanol–water partition coefficient (Wildman–Crippen LogP) is 3.09. The van der Waals surface area contributed by atoms with Gasteiger partial charge in [-0.3, -0.25) is 4.68 Å². The van der Waals surface area contributed by atoms with Crippen LogP contribution in [-0.2, 0) is 13.0 Å². The number of para-hydroxylation sites is 1. The zero-order valence-electron chi connectivity index (χ0n) is 12.0. The molecule has 2 aromatic rings. The zero-order valence-corrected chi connectivity index (χ0v) is 12.0. The molecule has 2 rings (SSSR count). The number of hydrogen-bond donors (Lipinski definition) is 1. The fourth-order valence-electron chi connectivity index (χ4n) is 2.30. The largest absolute Gasteiger partial charge is 0.434 e. The highest BCUT2D eigenvalue weighted by atomic mass is 19.3. The monoisotopic (exact) mass is 296 g/mol. The topological polar surface area (TPSA) is 47.3 Å². The minimum atomic E-state index is -2.92. The van der Waals surface area contributed by atoms with Crippen LogP contribution in [0.5, 0.6) is 5.75 Å². The summed E-state index contributed by atoms with van der Waals surface area (Å²) < 4.78 is 31.0. The molecule has 4 nitrogen and oxygen atoms in total. The Morgan fingerprint density at radius 1 is 1.33 bits per heavy atom. The van der Waals surface area contributed by atoms with Crippen molar-refractivity contribution in [1.82, 2.24) is 9.78 Å². The summed E-state index contributed by atoms with van der Waals surface area (Å²) in [5.74, 6) is -0.000661. The average molecular weight is 296 g/mol.